The summed E-state index contributed by atoms with van der Waals surface area (Å²) < 4.78 is 15.3. The molecule has 376 valence electrons. The van der Waals surface area contributed by atoms with Crippen molar-refractivity contribution in [3.63, 3.8) is 0 Å². The monoisotopic (exact) mass is 988 g/mol. The summed E-state index contributed by atoms with van der Waals surface area (Å²) in [5, 5.41) is 19.5. The number of piperazine rings is 1. The summed E-state index contributed by atoms with van der Waals surface area (Å²) in [6.45, 7) is 19.7. The lowest BCUT2D eigenvalue weighted by atomic mass is 9.90. The number of carbonyl (C=O) groups is 2. The van der Waals surface area contributed by atoms with Crippen LogP contribution in [0.4, 0.5) is 34.4 Å². The number of amides is 2. The zero-order valence-corrected chi connectivity index (χ0v) is 42.4. The maximum Gasteiger partial charge on any atom is 0.401 e. The number of carbonyl (C=O) groups excluding carboxylic acids is 2. The molecule has 2 fully saturated rings. The second-order valence-corrected chi connectivity index (χ2v) is 22.1. The molecule has 6 N–H and O–H groups in total. The standard InChI is InChI=1S/C51H65N12O7P/c1-9-45(65)55-39-24-34(10-11-41(39)61-19-18-59(28-32(61)3)35-14-17-60(31(2)22-35)36-12-15-52-44(25-36)51(6,7)57-71(68,69)70)54-46-49(67)58(8)29-40(56-46)37-13-16-53-47(38(37)30-64)63-21-20-62-42(48(63)66)23-33-26-50(4,5)27-43(33)62/h9-13,15-16,23-25,29,31-32,35,64H,1,14,17-22,26-28,30H2,2-8H3,(H,54,56)(H,55,65)(H3,57,68,69,70)/t31-,32-,35?/m0/s1. The van der Waals surface area contributed by atoms with Gasteiger partial charge in [-0.2, -0.15) is 0 Å². The van der Waals surface area contributed by atoms with Crippen molar-refractivity contribution in [2.45, 2.75) is 104 Å². The van der Waals surface area contributed by atoms with Gasteiger partial charge >= 0.3 is 7.75 Å². The number of pyridine rings is 2. The number of hydrogen-bond acceptors (Lipinski definition) is 12. The molecule has 1 aliphatic carbocycles. The normalized spacial score (nSPS) is 20.5. The molecular formula is C51H65N12O7P. The van der Waals surface area contributed by atoms with Crippen LogP contribution in [0.25, 0.3) is 11.3 Å². The van der Waals surface area contributed by atoms with Gasteiger partial charge in [-0.05, 0) is 113 Å². The molecule has 19 nitrogen and oxygen atoms in total. The number of piperidine rings is 1. The number of aliphatic hydroxyl groups is 1. The van der Waals surface area contributed by atoms with E-state index >= 15 is 0 Å². The van der Waals surface area contributed by atoms with Crippen LogP contribution in [-0.4, -0.2) is 107 Å². The number of aromatic nitrogens is 5. The van der Waals surface area contributed by atoms with E-state index in [1.165, 1.54) is 21.9 Å². The Balaban J connectivity index is 0.906. The highest BCUT2D eigenvalue weighted by Crippen LogP contribution is 2.41. The zero-order chi connectivity index (χ0) is 50.7. The van der Waals surface area contributed by atoms with Gasteiger partial charge in [-0.1, -0.05) is 20.4 Å². The van der Waals surface area contributed by atoms with E-state index in [1.54, 1.807) is 56.5 Å². The Morgan fingerprint density at radius 3 is 2.46 bits per heavy atom. The lowest BCUT2D eigenvalue weighted by Crippen LogP contribution is -2.58. The van der Waals surface area contributed by atoms with Gasteiger partial charge in [-0.25, -0.2) is 19.6 Å². The minimum absolute atomic E-state index is 0.0256. The van der Waals surface area contributed by atoms with Gasteiger partial charge in [0.15, 0.2) is 5.82 Å². The van der Waals surface area contributed by atoms with Crippen LogP contribution in [-0.2, 0) is 47.9 Å². The summed E-state index contributed by atoms with van der Waals surface area (Å²) in [5.41, 5.74) is 6.50. The Labute approximate surface area is 413 Å². The Bertz CT molecular complexity index is 3020. The Morgan fingerprint density at radius 2 is 1.75 bits per heavy atom. The number of anilines is 6. The van der Waals surface area contributed by atoms with Crippen LogP contribution >= 0.6 is 7.75 Å². The molecule has 0 bridgehead atoms. The van der Waals surface area contributed by atoms with Crippen molar-refractivity contribution >= 4 is 53.9 Å². The van der Waals surface area contributed by atoms with E-state index in [4.69, 9.17) is 4.98 Å². The zero-order valence-electron chi connectivity index (χ0n) is 41.5. The number of fused-ring (bicyclic) bond motifs is 3. The summed E-state index contributed by atoms with van der Waals surface area (Å²) in [7, 11) is -2.86. The molecule has 4 aromatic heterocycles. The van der Waals surface area contributed by atoms with E-state index in [1.807, 2.05) is 30.3 Å². The molecular weight excluding hydrogens is 924 g/mol. The maximum absolute atomic E-state index is 14.1. The molecule has 1 aromatic carbocycles. The first kappa shape index (κ1) is 49.8. The van der Waals surface area contributed by atoms with E-state index in [-0.39, 0.29) is 35.1 Å². The van der Waals surface area contributed by atoms with Crippen LogP contribution in [0.2, 0.25) is 0 Å². The molecule has 4 aliphatic rings. The molecule has 7 heterocycles. The van der Waals surface area contributed by atoms with Crippen molar-refractivity contribution in [2.75, 3.05) is 58.1 Å². The SMILES string of the molecule is C=CC(=O)Nc1cc(Nc2nc(-c3ccnc(N4CCn5c(cc6c5CC(C)(C)C6)C4=O)c3CO)cn(C)c2=O)ccc1N1CCN(C2CCN(c3ccnc(C(C)(C)NP(=O)(O)O)c3)[C@@H](C)C2)C[C@@H]1C. The van der Waals surface area contributed by atoms with Gasteiger partial charge in [-0.3, -0.25) is 29.2 Å². The summed E-state index contributed by atoms with van der Waals surface area (Å²) >= 11 is 0. The van der Waals surface area contributed by atoms with Crippen LogP contribution in [0.1, 0.15) is 87.4 Å². The minimum atomic E-state index is -4.49. The largest absolute Gasteiger partial charge is 0.401 e. The number of aliphatic hydroxyl groups excluding tert-OH is 1. The topological polar surface area (TPSA) is 227 Å². The van der Waals surface area contributed by atoms with Crippen LogP contribution in [0.5, 0.6) is 0 Å². The van der Waals surface area contributed by atoms with Gasteiger partial charge in [0.1, 0.15) is 11.5 Å². The predicted molar refractivity (Wildman–Crippen MR) is 275 cm³/mol. The van der Waals surface area contributed by atoms with Crippen molar-refractivity contribution in [3.8, 4) is 11.3 Å². The molecule has 0 saturated carbocycles. The number of nitrogens with one attached hydrogen (secondary N) is 3. The lowest BCUT2D eigenvalue weighted by molar-refractivity contribution is -0.111. The fourth-order valence-corrected chi connectivity index (χ4v) is 12.1. The lowest BCUT2D eigenvalue weighted by Gasteiger charge is -2.48. The smallest absolute Gasteiger partial charge is 0.392 e. The summed E-state index contributed by atoms with van der Waals surface area (Å²) in [6.07, 6.45) is 9.79. The number of rotatable bonds is 13. The summed E-state index contributed by atoms with van der Waals surface area (Å²) in [4.78, 5) is 82.5. The fourth-order valence-electron chi connectivity index (χ4n) is 11.2. The van der Waals surface area contributed by atoms with Crippen molar-refractivity contribution in [1.29, 1.82) is 0 Å². The average Bonchev–Trinajstić information content (AvgIpc) is 3.81. The number of hydrogen-bond donors (Lipinski definition) is 6. The molecule has 3 aliphatic heterocycles. The second kappa shape index (κ2) is 19.1. The fraction of sp³-hybridized carbons (Fsp3) is 0.451. The molecule has 2 saturated heterocycles. The van der Waals surface area contributed by atoms with Gasteiger partial charge in [-0.15, -0.1) is 0 Å². The Hall–Kier alpha value is -6.21. The molecule has 1 unspecified atom stereocenters. The highest BCUT2D eigenvalue weighted by molar-refractivity contribution is 7.49. The maximum atomic E-state index is 14.1. The van der Waals surface area contributed by atoms with E-state index in [9.17, 15) is 33.8 Å². The Morgan fingerprint density at radius 1 is 0.972 bits per heavy atom. The van der Waals surface area contributed by atoms with Gasteiger partial charge in [0, 0.05) is 111 Å². The van der Waals surface area contributed by atoms with Crippen LogP contribution in [0.3, 0.4) is 0 Å². The number of nitrogens with zero attached hydrogens (tertiary/aromatic N) is 9. The van der Waals surface area contributed by atoms with E-state index in [0.29, 0.717) is 71.1 Å². The van der Waals surface area contributed by atoms with Crippen LogP contribution in [0, 0.1) is 5.41 Å². The Kier molecular flexibility index (Phi) is 13.4. The molecule has 20 heteroatoms. The van der Waals surface area contributed by atoms with Crippen LogP contribution in [0.15, 0.2) is 78.5 Å². The van der Waals surface area contributed by atoms with Gasteiger partial charge in [0.25, 0.3) is 11.5 Å². The number of benzene rings is 1. The van der Waals surface area contributed by atoms with Crippen molar-refractivity contribution in [3.05, 3.63) is 112 Å². The molecule has 5 aromatic rings. The quantitative estimate of drug-likeness (QED) is 0.0618. The van der Waals surface area contributed by atoms with E-state index < -0.39 is 25.5 Å². The van der Waals surface area contributed by atoms with E-state index in [0.717, 1.165) is 56.7 Å². The third kappa shape index (κ3) is 10.0. The first-order valence-electron chi connectivity index (χ1n) is 24.3. The molecule has 0 spiro atoms. The van der Waals surface area contributed by atoms with Gasteiger partial charge in [0.2, 0.25) is 5.91 Å². The molecule has 3 atom stereocenters. The van der Waals surface area contributed by atoms with Crippen LogP contribution < -0.4 is 36.0 Å². The third-order valence-corrected chi connectivity index (χ3v) is 15.4. The van der Waals surface area contributed by atoms with Gasteiger partial charge in [0.05, 0.1) is 34.9 Å². The number of aryl methyl sites for hydroxylation is 1. The minimum Gasteiger partial charge on any atom is -0.392 e. The summed E-state index contributed by atoms with van der Waals surface area (Å²) in [5.74, 6) is -0.183. The van der Waals surface area contributed by atoms with E-state index in [2.05, 4.69) is 79.2 Å². The second-order valence-electron chi connectivity index (χ2n) is 20.8. The van der Waals surface area contributed by atoms with Gasteiger partial charge < -0.3 is 44.5 Å². The first-order valence-corrected chi connectivity index (χ1v) is 25.9. The highest BCUT2D eigenvalue weighted by atomic mass is 31.2. The molecule has 2 amide bonds. The van der Waals surface area contributed by atoms with Crippen molar-refractivity contribution in [2.24, 2.45) is 12.5 Å². The first-order chi connectivity index (χ1) is 33.6. The summed E-state index contributed by atoms with van der Waals surface area (Å²) in [6, 6.07) is 13.8. The highest BCUT2D eigenvalue weighted by Gasteiger charge is 2.39. The predicted octanol–water partition coefficient (Wildman–Crippen LogP) is 5.67. The average molecular weight is 989 g/mol. The molecule has 9 rings (SSSR count). The molecule has 71 heavy (non-hydrogen) atoms. The van der Waals surface area contributed by atoms with Crippen molar-refractivity contribution in [1.82, 2.24) is 34.1 Å². The van der Waals surface area contributed by atoms with Crippen molar-refractivity contribution < 1.29 is 29.0 Å². The molecule has 0 radical (unpaired) electrons. The third-order valence-electron chi connectivity index (χ3n) is 14.6.